The predicted molar refractivity (Wildman–Crippen MR) is 51.7 cm³/mol. The second-order valence-electron chi connectivity index (χ2n) is 2.87. The fourth-order valence-electron chi connectivity index (χ4n) is 1.32. The molecule has 72 valence electrons. The van der Waals surface area contributed by atoms with Crippen LogP contribution in [0.2, 0.25) is 0 Å². The molecule has 0 spiro atoms. The number of hydrogen-bond acceptors (Lipinski definition) is 3. The average Bonchev–Trinajstić information content (AvgIpc) is 2.51. The summed E-state index contributed by atoms with van der Waals surface area (Å²) in [7, 11) is 0. The Bertz CT molecular complexity index is 393. The molecule has 0 N–H and O–H groups in total. The molecule has 1 aliphatic rings. The lowest BCUT2D eigenvalue weighted by Crippen LogP contribution is -2.01. The van der Waals surface area contributed by atoms with Crippen LogP contribution in [0.15, 0.2) is 30.5 Å². The van der Waals surface area contributed by atoms with Crippen molar-refractivity contribution < 1.29 is 14.3 Å². The van der Waals surface area contributed by atoms with Gasteiger partial charge >= 0.3 is 5.97 Å². The third-order valence-electron chi connectivity index (χ3n) is 1.97. The summed E-state index contributed by atoms with van der Waals surface area (Å²) in [6.07, 6.45) is 1.45. The minimum atomic E-state index is -0.348. The lowest BCUT2D eigenvalue weighted by atomic mass is 10.1. The van der Waals surface area contributed by atoms with E-state index in [1.54, 1.807) is 6.07 Å². The Kier molecular flexibility index (Phi) is 2.23. The number of carbonyl (C=O) groups excluding carboxylic acids is 1. The van der Waals surface area contributed by atoms with Crippen LogP contribution in [0.5, 0.6) is 5.75 Å². The first-order chi connectivity index (χ1) is 6.83. The molecular formula is C11H10O3. The van der Waals surface area contributed by atoms with Crippen LogP contribution in [0.3, 0.4) is 0 Å². The zero-order valence-corrected chi connectivity index (χ0v) is 7.82. The summed E-state index contributed by atoms with van der Waals surface area (Å²) in [6, 6.07) is 7.29. The van der Waals surface area contributed by atoms with Crippen molar-refractivity contribution in [3.63, 3.8) is 0 Å². The molecule has 2 rings (SSSR count). The summed E-state index contributed by atoms with van der Waals surface area (Å²) < 4.78 is 10.1. The second-order valence-corrected chi connectivity index (χ2v) is 2.87. The normalized spacial score (nSPS) is 16.6. The molecule has 0 saturated heterocycles. The average molecular weight is 190 g/mol. The maximum absolute atomic E-state index is 11.4. The quantitative estimate of drug-likeness (QED) is 0.309. The van der Waals surface area contributed by atoms with E-state index in [-0.39, 0.29) is 5.97 Å². The van der Waals surface area contributed by atoms with Gasteiger partial charge in [-0.25, -0.2) is 4.79 Å². The molecule has 0 bridgehead atoms. The molecule has 0 aromatic heterocycles. The number of rotatable bonds is 2. The zero-order chi connectivity index (χ0) is 9.97. The fourth-order valence-corrected chi connectivity index (χ4v) is 1.32. The van der Waals surface area contributed by atoms with Crippen molar-refractivity contribution in [1.29, 1.82) is 0 Å². The Morgan fingerprint density at radius 3 is 3.00 bits per heavy atom. The molecule has 0 fully saturated rings. The van der Waals surface area contributed by atoms with Gasteiger partial charge in [-0.2, -0.15) is 0 Å². The van der Waals surface area contributed by atoms with Crippen LogP contribution in [0.25, 0.3) is 5.57 Å². The van der Waals surface area contributed by atoms with Crippen molar-refractivity contribution >= 4 is 11.5 Å². The fraction of sp³-hybridized carbons (Fsp3) is 0.182. The summed E-state index contributed by atoms with van der Waals surface area (Å²) in [5, 5.41) is 0. The largest absolute Gasteiger partial charge is 0.501 e. The van der Waals surface area contributed by atoms with Crippen LogP contribution in [-0.4, -0.2) is 12.6 Å². The Morgan fingerprint density at radius 2 is 2.21 bits per heavy atom. The first-order valence-corrected chi connectivity index (χ1v) is 4.46. The number of ether oxygens (including phenoxy) is 2. The van der Waals surface area contributed by atoms with Crippen LogP contribution < -0.4 is 4.74 Å². The topological polar surface area (TPSA) is 35.5 Å². The van der Waals surface area contributed by atoms with Crippen molar-refractivity contribution in [1.82, 2.24) is 0 Å². The number of para-hydroxylation sites is 1. The van der Waals surface area contributed by atoms with Crippen molar-refractivity contribution in [2.24, 2.45) is 0 Å². The Balaban J connectivity index is 2.39. The molecule has 1 heterocycles. The van der Waals surface area contributed by atoms with Gasteiger partial charge in [0.2, 0.25) is 0 Å². The third-order valence-corrected chi connectivity index (χ3v) is 1.97. The van der Waals surface area contributed by atoms with Crippen LogP contribution in [0.1, 0.15) is 12.5 Å². The number of benzene rings is 1. The molecule has 3 nitrogen and oxygen atoms in total. The summed E-state index contributed by atoms with van der Waals surface area (Å²) >= 11 is 0. The van der Waals surface area contributed by atoms with E-state index in [0.29, 0.717) is 17.9 Å². The van der Waals surface area contributed by atoms with Gasteiger partial charge in [0.25, 0.3) is 0 Å². The monoisotopic (exact) mass is 190 g/mol. The first-order valence-electron chi connectivity index (χ1n) is 4.46. The Hall–Kier alpha value is -1.77. The highest BCUT2D eigenvalue weighted by Gasteiger charge is 2.26. The van der Waals surface area contributed by atoms with E-state index in [1.165, 1.54) is 6.26 Å². The van der Waals surface area contributed by atoms with Crippen LogP contribution >= 0.6 is 0 Å². The van der Waals surface area contributed by atoms with Gasteiger partial charge in [-0.3, -0.25) is 0 Å². The summed E-state index contributed by atoms with van der Waals surface area (Å²) in [6.45, 7) is 2.40. The molecule has 14 heavy (non-hydrogen) atoms. The minimum absolute atomic E-state index is 0.348. The molecular weight excluding hydrogens is 180 g/mol. The van der Waals surface area contributed by atoms with E-state index >= 15 is 0 Å². The zero-order valence-electron chi connectivity index (χ0n) is 7.82. The van der Waals surface area contributed by atoms with Crippen molar-refractivity contribution in [2.45, 2.75) is 6.92 Å². The molecule has 1 aliphatic heterocycles. The molecule has 1 aromatic carbocycles. The highest BCUT2D eigenvalue weighted by Crippen LogP contribution is 2.33. The van der Waals surface area contributed by atoms with Gasteiger partial charge in [0.15, 0.2) is 0 Å². The van der Waals surface area contributed by atoms with Gasteiger partial charge in [-0.1, -0.05) is 18.2 Å². The molecule has 0 unspecified atom stereocenters. The van der Waals surface area contributed by atoms with E-state index in [2.05, 4.69) is 0 Å². The summed E-state index contributed by atoms with van der Waals surface area (Å²) in [4.78, 5) is 11.4. The molecule has 0 amide bonds. The standard InChI is InChI=1S/C11H10O3/c1-2-13-7-9-8-5-3-4-6-10(8)14-11(9)12/h3-7H,2H2,1H3/b9-7-. The third kappa shape index (κ3) is 1.37. The van der Waals surface area contributed by atoms with Crippen molar-refractivity contribution in [3.05, 3.63) is 36.1 Å². The first kappa shape index (κ1) is 8.81. The van der Waals surface area contributed by atoms with Gasteiger partial charge in [0.05, 0.1) is 12.9 Å². The van der Waals surface area contributed by atoms with E-state index in [1.807, 2.05) is 25.1 Å². The molecule has 1 aromatic rings. The van der Waals surface area contributed by atoms with Crippen molar-refractivity contribution in [2.75, 3.05) is 6.61 Å². The molecule has 0 aliphatic carbocycles. The number of esters is 1. The van der Waals surface area contributed by atoms with Crippen LogP contribution in [-0.2, 0) is 9.53 Å². The van der Waals surface area contributed by atoms with Gasteiger partial charge in [-0.15, -0.1) is 0 Å². The van der Waals surface area contributed by atoms with Crippen LogP contribution in [0.4, 0.5) is 0 Å². The maximum Gasteiger partial charge on any atom is 0.347 e. The molecule has 0 atom stereocenters. The number of carbonyl (C=O) groups is 1. The second kappa shape index (κ2) is 3.54. The number of hydrogen-bond donors (Lipinski definition) is 0. The van der Waals surface area contributed by atoms with Crippen molar-refractivity contribution in [3.8, 4) is 5.75 Å². The SMILES string of the molecule is CCO/C=C1\C(=O)Oc2ccccc21. The summed E-state index contributed by atoms with van der Waals surface area (Å²) in [5.74, 6) is 0.253. The molecule has 3 heteroatoms. The van der Waals surface area contributed by atoms with E-state index < -0.39 is 0 Å². The highest BCUT2D eigenvalue weighted by atomic mass is 16.5. The van der Waals surface area contributed by atoms with Gasteiger partial charge in [-0.05, 0) is 13.0 Å². The molecule has 0 saturated carbocycles. The van der Waals surface area contributed by atoms with Gasteiger partial charge in [0, 0.05) is 5.56 Å². The van der Waals surface area contributed by atoms with Crippen LogP contribution in [0, 0.1) is 0 Å². The van der Waals surface area contributed by atoms with E-state index in [9.17, 15) is 4.79 Å². The van der Waals surface area contributed by atoms with Gasteiger partial charge < -0.3 is 9.47 Å². The van der Waals surface area contributed by atoms with E-state index in [4.69, 9.17) is 9.47 Å². The van der Waals surface area contributed by atoms with E-state index in [0.717, 1.165) is 5.56 Å². The lowest BCUT2D eigenvalue weighted by molar-refractivity contribution is -0.127. The Morgan fingerprint density at radius 1 is 1.43 bits per heavy atom. The smallest absolute Gasteiger partial charge is 0.347 e. The maximum atomic E-state index is 11.4. The van der Waals surface area contributed by atoms with Gasteiger partial charge in [0.1, 0.15) is 11.3 Å². The predicted octanol–water partition coefficient (Wildman–Crippen LogP) is 1.98. The summed E-state index contributed by atoms with van der Waals surface area (Å²) in [5.41, 5.74) is 1.29. The highest BCUT2D eigenvalue weighted by molar-refractivity contribution is 6.21. The number of fused-ring (bicyclic) bond motifs is 1. The Labute approximate surface area is 81.9 Å². The molecule has 0 radical (unpaired) electrons. The minimum Gasteiger partial charge on any atom is -0.501 e. The lowest BCUT2D eigenvalue weighted by Gasteiger charge is -1.95.